The predicted octanol–water partition coefficient (Wildman–Crippen LogP) is -1.28. The van der Waals surface area contributed by atoms with Crippen LogP contribution in [0.5, 0.6) is 0 Å². The van der Waals surface area contributed by atoms with Crippen LogP contribution in [0, 0.1) is 0 Å². The quantitative estimate of drug-likeness (QED) is 0.292. The third-order valence-electron chi connectivity index (χ3n) is 0.137. The second-order valence-corrected chi connectivity index (χ2v) is 1.17. The average molecular weight is 150 g/mol. The fraction of sp³-hybridized carbons (Fsp3) is 0. The van der Waals surface area contributed by atoms with E-state index in [4.69, 9.17) is 14.6 Å². The van der Waals surface area contributed by atoms with Crippen molar-refractivity contribution >= 4 is 66.5 Å². The number of carbonyl (C=O) groups excluding carboxylic acids is 1. The molecule has 0 radical (unpaired) electrons. The van der Waals surface area contributed by atoms with E-state index >= 15 is 0 Å². The van der Waals surface area contributed by atoms with Crippen molar-refractivity contribution in [3.63, 3.8) is 0 Å². The van der Waals surface area contributed by atoms with Gasteiger partial charge in [-0.25, -0.2) is 0 Å². The molecular formula is CH4KO4P. The van der Waals surface area contributed by atoms with Crippen LogP contribution in [0.25, 0.3) is 0 Å². The van der Waals surface area contributed by atoms with Gasteiger partial charge in [0.1, 0.15) is 0 Å². The molecule has 0 unspecified atom stereocenters. The van der Waals surface area contributed by atoms with E-state index in [0.717, 1.165) is 0 Å². The SMILES string of the molecule is O=COP(O)O.[KH]. The Morgan fingerprint density at radius 2 is 2.00 bits per heavy atom. The van der Waals surface area contributed by atoms with E-state index in [2.05, 4.69) is 4.52 Å². The van der Waals surface area contributed by atoms with E-state index in [1.807, 2.05) is 0 Å². The van der Waals surface area contributed by atoms with Gasteiger partial charge in [0.15, 0.2) is 0 Å². The Kier molecular flexibility index (Phi) is 12.0. The van der Waals surface area contributed by atoms with Crippen molar-refractivity contribution in [1.29, 1.82) is 0 Å². The van der Waals surface area contributed by atoms with Crippen molar-refractivity contribution in [2.45, 2.75) is 0 Å². The molecule has 0 aromatic carbocycles. The maximum absolute atomic E-state index is 9.09. The predicted molar refractivity (Wildman–Crippen MR) is 25.7 cm³/mol. The van der Waals surface area contributed by atoms with Crippen molar-refractivity contribution in [1.82, 2.24) is 0 Å². The van der Waals surface area contributed by atoms with E-state index in [1.165, 1.54) is 0 Å². The first-order valence-electron chi connectivity index (χ1n) is 1.05. The summed E-state index contributed by atoms with van der Waals surface area (Å²) in [6.07, 6.45) is 0. The van der Waals surface area contributed by atoms with Crippen LogP contribution in [0.3, 0.4) is 0 Å². The zero-order valence-electron chi connectivity index (χ0n) is 2.74. The van der Waals surface area contributed by atoms with Crippen LogP contribution in [0.2, 0.25) is 0 Å². The van der Waals surface area contributed by atoms with Crippen LogP contribution < -0.4 is 0 Å². The molecule has 0 aliphatic heterocycles. The van der Waals surface area contributed by atoms with Gasteiger partial charge < -0.3 is 14.3 Å². The summed E-state index contributed by atoms with van der Waals surface area (Å²) in [4.78, 5) is 24.5. The topological polar surface area (TPSA) is 66.8 Å². The van der Waals surface area contributed by atoms with E-state index in [9.17, 15) is 0 Å². The molecule has 0 saturated carbocycles. The molecule has 7 heavy (non-hydrogen) atoms. The van der Waals surface area contributed by atoms with Gasteiger partial charge in [-0.15, -0.1) is 0 Å². The van der Waals surface area contributed by atoms with Gasteiger partial charge >= 0.3 is 60.0 Å². The van der Waals surface area contributed by atoms with E-state index in [-0.39, 0.29) is 57.9 Å². The standard InChI is InChI=1S/CH3O4P.K.H/c2-1-5-6(3)4;;/h1,3-4H;;. The minimum absolute atomic E-state index is 0. The summed E-state index contributed by atoms with van der Waals surface area (Å²) in [6, 6.07) is 0. The first-order chi connectivity index (χ1) is 2.77. The minimum atomic E-state index is -2.47. The van der Waals surface area contributed by atoms with Crippen LogP contribution in [0.4, 0.5) is 0 Å². The molecule has 0 aliphatic rings. The molecule has 0 saturated heterocycles. The van der Waals surface area contributed by atoms with Gasteiger partial charge in [0.2, 0.25) is 0 Å². The molecule has 0 spiro atoms. The number of carbonyl (C=O) groups is 1. The Bertz CT molecular complexity index is 47.0. The Hall–Kier alpha value is 1.46. The molecule has 0 fully saturated rings. The van der Waals surface area contributed by atoms with Crippen molar-refractivity contribution in [2.24, 2.45) is 0 Å². The number of hydrogen-bond acceptors (Lipinski definition) is 4. The average Bonchev–Trinajstić information content (AvgIpc) is 1.35. The molecule has 0 amide bonds. The van der Waals surface area contributed by atoms with Crippen LogP contribution in [0.15, 0.2) is 0 Å². The Balaban J connectivity index is 0. The summed E-state index contributed by atoms with van der Waals surface area (Å²) in [5.74, 6) is 0. The Morgan fingerprint density at radius 1 is 1.57 bits per heavy atom. The van der Waals surface area contributed by atoms with Gasteiger partial charge in [-0.3, -0.25) is 4.79 Å². The molecule has 0 bridgehead atoms. The second kappa shape index (κ2) is 7.46. The summed E-state index contributed by atoms with van der Waals surface area (Å²) in [7, 11) is -2.47. The second-order valence-electron chi connectivity index (χ2n) is 0.454. The van der Waals surface area contributed by atoms with E-state index < -0.39 is 8.60 Å². The maximum atomic E-state index is 9.09. The molecule has 0 aromatic rings. The molecule has 4 nitrogen and oxygen atoms in total. The van der Waals surface area contributed by atoms with Gasteiger partial charge in [-0.1, -0.05) is 0 Å². The van der Waals surface area contributed by atoms with Crippen LogP contribution in [0.1, 0.15) is 0 Å². The number of hydrogen-bond donors (Lipinski definition) is 2. The zero-order valence-corrected chi connectivity index (χ0v) is 3.63. The Labute approximate surface area is 84.3 Å². The summed E-state index contributed by atoms with van der Waals surface area (Å²) in [5.41, 5.74) is 0. The molecule has 0 rings (SSSR count). The molecule has 2 N–H and O–H groups in total. The van der Waals surface area contributed by atoms with Gasteiger partial charge in [0.05, 0.1) is 0 Å². The molecule has 38 valence electrons. The molecule has 0 atom stereocenters. The van der Waals surface area contributed by atoms with Gasteiger partial charge in [-0.05, 0) is 0 Å². The van der Waals surface area contributed by atoms with Crippen LogP contribution in [-0.4, -0.2) is 67.6 Å². The van der Waals surface area contributed by atoms with Crippen LogP contribution in [-0.2, 0) is 9.32 Å². The first kappa shape index (κ1) is 11.3. The first-order valence-corrected chi connectivity index (χ1v) is 2.22. The Morgan fingerprint density at radius 3 is 2.00 bits per heavy atom. The van der Waals surface area contributed by atoms with Crippen molar-refractivity contribution in [3.8, 4) is 0 Å². The fourth-order valence-electron chi connectivity index (χ4n) is 0.0385. The normalized spacial score (nSPS) is 7.29. The summed E-state index contributed by atoms with van der Waals surface area (Å²) >= 11 is 0. The van der Waals surface area contributed by atoms with Crippen molar-refractivity contribution < 1.29 is 19.1 Å². The molecule has 6 heteroatoms. The molecular weight excluding hydrogens is 146 g/mol. The van der Waals surface area contributed by atoms with Crippen LogP contribution >= 0.6 is 8.60 Å². The van der Waals surface area contributed by atoms with Crippen molar-refractivity contribution in [2.75, 3.05) is 0 Å². The number of rotatable bonds is 2. The summed E-state index contributed by atoms with van der Waals surface area (Å²) < 4.78 is 3.54. The van der Waals surface area contributed by atoms with Gasteiger partial charge in [0, 0.05) is 0 Å². The van der Waals surface area contributed by atoms with E-state index in [1.54, 1.807) is 0 Å². The molecule has 0 aliphatic carbocycles. The summed E-state index contributed by atoms with van der Waals surface area (Å²) in [6.45, 7) is -0.0221. The van der Waals surface area contributed by atoms with Crippen molar-refractivity contribution in [3.05, 3.63) is 0 Å². The van der Waals surface area contributed by atoms with Gasteiger partial charge in [-0.2, -0.15) is 0 Å². The molecule has 0 aromatic heterocycles. The fourth-order valence-corrected chi connectivity index (χ4v) is 0.115. The third-order valence-corrected chi connectivity index (χ3v) is 0.412. The summed E-state index contributed by atoms with van der Waals surface area (Å²) in [5, 5.41) is 0. The zero-order chi connectivity index (χ0) is 4.99. The van der Waals surface area contributed by atoms with E-state index in [0.29, 0.717) is 0 Å². The third kappa shape index (κ3) is 11.2. The molecule has 0 heterocycles. The monoisotopic (exact) mass is 150 g/mol. The van der Waals surface area contributed by atoms with Gasteiger partial charge in [0.25, 0.3) is 6.47 Å².